The zero-order valence-electron chi connectivity index (χ0n) is 10.9. The van der Waals surface area contributed by atoms with Crippen LogP contribution < -0.4 is 5.32 Å². The van der Waals surface area contributed by atoms with Gasteiger partial charge in [0.05, 0.1) is 10.6 Å². The molecule has 0 unspecified atom stereocenters. The minimum atomic E-state index is -0.725. The van der Waals surface area contributed by atoms with Crippen molar-refractivity contribution in [1.29, 1.82) is 0 Å². The van der Waals surface area contributed by atoms with E-state index >= 15 is 0 Å². The second kappa shape index (κ2) is 5.14. The Morgan fingerprint density at radius 3 is 2.81 bits per heavy atom. The number of H-pyrrole nitrogens is 1. The third kappa shape index (κ3) is 2.45. The quantitative estimate of drug-likeness (QED) is 0.763. The maximum Gasteiger partial charge on any atom is 0.258 e. The smallest absolute Gasteiger partial charge is 0.258 e. The summed E-state index contributed by atoms with van der Waals surface area (Å²) in [5.41, 5.74) is 2.26. The van der Waals surface area contributed by atoms with Gasteiger partial charge in [0.2, 0.25) is 0 Å². The van der Waals surface area contributed by atoms with Crippen LogP contribution in [0.3, 0.4) is 0 Å². The first-order valence-corrected chi connectivity index (χ1v) is 6.50. The fraction of sp³-hybridized carbons (Fsp3) is 0.0714. The number of halogens is 2. The Morgan fingerprint density at radius 2 is 2.00 bits per heavy atom. The first-order valence-electron chi connectivity index (χ1n) is 6.13. The number of carbonyl (C=O) groups excluding carboxylic acids is 1. The Labute approximate surface area is 124 Å². The normalized spacial score (nSPS) is 10.8. The van der Waals surface area contributed by atoms with Gasteiger partial charge in [-0.05, 0) is 36.8 Å². The van der Waals surface area contributed by atoms with Crippen molar-refractivity contribution in [2.24, 2.45) is 0 Å². The van der Waals surface area contributed by atoms with Crippen LogP contribution in [0.15, 0.2) is 30.3 Å². The summed E-state index contributed by atoms with van der Waals surface area (Å²) in [4.78, 5) is 12.1. The molecule has 21 heavy (non-hydrogen) atoms. The first kappa shape index (κ1) is 13.5. The second-order valence-electron chi connectivity index (χ2n) is 4.54. The summed E-state index contributed by atoms with van der Waals surface area (Å²) in [6.45, 7) is 1.67. The van der Waals surface area contributed by atoms with Gasteiger partial charge in [0, 0.05) is 5.69 Å². The Kier molecular flexibility index (Phi) is 3.31. The van der Waals surface area contributed by atoms with Crippen LogP contribution in [0.2, 0.25) is 5.02 Å². The monoisotopic (exact) mass is 304 g/mol. The number of hydrogen-bond acceptors (Lipinski definition) is 3. The predicted molar refractivity (Wildman–Crippen MR) is 78.0 cm³/mol. The predicted octanol–water partition coefficient (Wildman–Crippen LogP) is 3.31. The van der Waals surface area contributed by atoms with Crippen molar-refractivity contribution in [3.05, 3.63) is 52.3 Å². The molecule has 1 heterocycles. The van der Waals surface area contributed by atoms with E-state index in [0.29, 0.717) is 22.3 Å². The van der Waals surface area contributed by atoms with Crippen molar-refractivity contribution in [3.8, 4) is 0 Å². The number of carbonyl (C=O) groups is 1. The minimum absolute atomic E-state index is 0.0467. The summed E-state index contributed by atoms with van der Waals surface area (Å²) in [5, 5.41) is 12.9. The summed E-state index contributed by atoms with van der Waals surface area (Å²) in [7, 11) is 0. The lowest BCUT2D eigenvalue weighted by molar-refractivity contribution is 0.102. The van der Waals surface area contributed by atoms with Gasteiger partial charge in [-0.3, -0.25) is 4.79 Å². The summed E-state index contributed by atoms with van der Waals surface area (Å²) in [6.07, 6.45) is 0. The number of fused-ring (bicyclic) bond motifs is 1. The van der Waals surface area contributed by atoms with E-state index in [1.54, 1.807) is 31.2 Å². The van der Waals surface area contributed by atoms with Crippen molar-refractivity contribution in [1.82, 2.24) is 15.4 Å². The number of aromatic nitrogens is 3. The zero-order valence-corrected chi connectivity index (χ0v) is 11.7. The lowest BCUT2D eigenvalue weighted by atomic mass is 10.1. The lowest BCUT2D eigenvalue weighted by Crippen LogP contribution is -2.14. The molecular formula is C14H10ClFN4O. The number of nitrogens with one attached hydrogen (secondary N) is 2. The molecule has 2 aromatic carbocycles. The highest BCUT2D eigenvalue weighted by atomic mass is 35.5. The van der Waals surface area contributed by atoms with E-state index in [1.165, 1.54) is 6.07 Å². The first-order chi connectivity index (χ1) is 10.1. The van der Waals surface area contributed by atoms with E-state index in [4.69, 9.17) is 11.6 Å². The number of benzene rings is 2. The average Bonchev–Trinajstić information content (AvgIpc) is 2.92. The van der Waals surface area contributed by atoms with Gasteiger partial charge in [0.15, 0.2) is 5.82 Å². The number of aromatic amines is 1. The molecule has 1 amide bonds. The molecule has 0 aliphatic heterocycles. The molecule has 1 aromatic heterocycles. The van der Waals surface area contributed by atoms with Crippen LogP contribution >= 0.6 is 11.6 Å². The maximum atomic E-state index is 14.0. The van der Waals surface area contributed by atoms with E-state index in [-0.39, 0.29) is 10.6 Å². The molecule has 5 nitrogen and oxygen atoms in total. The number of rotatable bonds is 2. The number of anilines is 1. The Hall–Kier alpha value is -2.47. The van der Waals surface area contributed by atoms with Crippen LogP contribution in [-0.4, -0.2) is 21.3 Å². The van der Waals surface area contributed by atoms with Gasteiger partial charge < -0.3 is 5.32 Å². The second-order valence-corrected chi connectivity index (χ2v) is 4.92. The highest BCUT2D eigenvalue weighted by molar-refractivity contribution is 6.32. The van der Waals surface area contributed by atoms with E-state index in [2.05, 4.69) is 20.7 Å². The van der Waals surface area contributed by atoms with Gasteiger partial charge in [0.25, 0.3) is 5.91 Å². The molecule has 3 rings (SSSR count). The number of hydrogen-bond donors (Lipinski definition) is 2. The molecule has 0 spiro atoms. The van der Waals surface area contributed by atoms with Gasteiger partial charge in [0.1, 0.15) is 11.0 Å². The van der Waals surface area contributed by atoms with Crippen molar-refractivity contribution in [2.45, 2.75) is 6.92 Å². The standard InChI is InChI=1S/C14H10ClFN4O/c1-7-2-4-9(13(16)12(7)15)14(21)17-8-3-5-10-11(6-8)19-20-18-10/h2-6H,1H3,(H,17,21)(H,18,19,20). The molecule has 0 aliphatic rings. The van der Waals surface area contributed by atoms with Crippen molar-refractivity contribution < 1.29 is 9.18 Å². The molecule has 106 valence electrons. The molecule has 0 saturated heterocycles. The van der Waals surface area contributed by atoms with Crippen LogP contribution in [0, 0.1) is 12.7 Å². The molecule has 0 bridgehead atoms. The topological polar surface area (TPSA) is 70.7 Å². The van der Waals surface area contributed by atoms with E-state index in [1.807, 2.05) is 0 Å². The minimum Gasteiger partial charge on any atom is -0.322 e. The highest BCUT2D eigenvalue weighted by Gasteiger charge is 2.16. The molecule has 0 aliphatic carbocycles. The average molecular weight is 305 g/mol. The SMILES string of the molecule is Cc1ccc(C(=O)Nc2ccc3n[nH]nc3c2)c(F)c1Cl. The van der Waals surface area contributed by atoms with Crippen LogP contribution in [-0.2, 0) is 0 Å². The summed E-state index contributed by atoms with van der Waals surface area (Å²) in [6, 6.07) is 8.01. The molecule has 7 heteroatoms. The molecule has 3 aromatic rings. The lowest BCUT2D eigenvalue weighted by Gasteiger charge is -2.08. The molecule has 0 atom stereocenters. The summed E-state index contributed by atoms with van der Waals surface area (Å²) in [5.74, 6) is -1.30. The van der Waals surface area contributed by atoms with Crippen molar-refractivity contribution >= 4 is 34.2 Å². The Morgan fingerprint density at radius 1 is 1.24 bits per heavy atom. The molecule has 0 fully saturated rings. The Bertz CT molecular complexity index is 846. The van der Waals surface area contributed by atoms with E-state index < -0.39 is 11.7 Å². The highest BCUT2D eigenvalue weighted by Crippen LogP contribution is 2.23. The van der Waals surface area contributed by atoms with Crippen LogP contribution in [0.4, 0.5) is 10.1 Å². The molecule has 0 radical (unpaired) electrons. The number of nitrogens with zero attached hydrogens (tertiary/aromatic N) is 2. The van der Waals surface area contributed by atoms with E-state index in [9.17, 15) is 9.18 Å². The van der Waals surface area contributed by atoms with Gasteiger partial charge in [-0.25, -0.2) is 4.39 Å². The van der Waals surface area contributed by atoms with Crippen LogP contribution in [0.25, 0.3) is 11.0 Å². The van der Waals surface area contributed by atoms with Gasteiger partial charge >= 0.3 is 0 Å². The fourth-order valence-electron chi connectivity index (χ4n) is 1.94. The van der Waals surface area contributed by atoms with Crippen molar-refractivity contribution in [3.63, 3.8) is 0 Å². The number of aryl methyl sites for hydroxylation is 1. The van der Waals surface area contributed by atoms with Gasteiger partial charge in [-0.1, -0.05) is 17.7 Å². The molecule has 0 saturated carbocycles. The Balaban J connectivity index is 1.90. The van der Waals surface area contributed by atoms with Gasteiger partial charge in [-0.2, -0.15) is 15.4 Å². The zero-order chi connectivity index (χ0) is 15.0. The molecular weight excluding hydrogens is 295 g/mol. The summed E-state index contributed by atoms with van der Waals surface area (Å²) < 4.78 is 14.0. The fourth-order valence-corrected chi connectivity index (χ4v) is 2.10. The largest absolute Gasteiger partial charge is 0.322 e. The third-order valence-corrected chi connectivity index (χ3v) is 3.56. The van der Waals surface area contributed by atoms with Gasteiger partial charge in [-0.15, -0.1) is 0 Å². The number of amides is 1. The van der Waals surface area contributed by atoms with Crippen LogP contribution in [0.1, 0.15) is 15.9 Å². The molecule has 2 N–H and O–H groups in total. The third-order valence-electron chi connectivity index (χ3n) is 3.09. The van der Waals surface area contributed by atoms with Crippen molar-refractivity contribution in [2.75, 3.05) is 5.32 Å². The maximum absolute atomic E-state index is 14.0. The van der Waals surface area contributed by atoms with Crippen LogP contribution in [0.5, 0.6) is 0 Å². The summed E-state index contributed by atoms with van der Waals surface area (Å²) >= 11 is 5.82. The van der Waals surface area contributed by atoms with E-state index in [0.717, 1.165) is 0 Å².